The van der Waals surface area contributed by atoms with Gasteiger partial charge in [0, 0.05) is 29.3 Å². The highest BCUT2D eigenvalue weighted by molar-refractivity contribution is 9.10. The Bertz CT molecular complexity index is 958. The van der Waals surface area contributed by atoms with Gasteiger partial charge >= 0.3 is 0 Å². The molecule has 1 heterocycles. The maximum absolute atomic E-state index is 12.9. The number of amides is 3. The van der Waals surface area contributed by atoms with Gasteiger partial charge in [-0.1, -0.05) is 26.0 Å². The SMILES string of the molecule is CC(=O)N1CCc2cc(NC(=O)[C@@H](NC(=O)c3ccccc3Br)C(C)C)ccc21. The molecular weight excluding hydrogens is 434 g/mol. The number of hydrogen-bond donors (Lipinski definition) is 2. The quantitative estimate of drug-likeness (QED) is 0.717. The number of rotatable bonds is 5. The van der Waals surface area contributed by atoms with Crippen molar-refractivity contribution in [2.45, 2.75) is 33.2 Å². The highest BCUT2D eigenvalue weighted by atomic mass is 79.9. The van der Waals surface area contributed by atoms with E-state index in [2.05, 4.69) is 26.6 Å². The molecule has 6 nitrogen and oxygen atoms in total. The number of nitrogens with one attached hydrogen (secondary N) is 2. The summed E-state index contributed by atoms with van der Waals surface area (Å²) in [6.45, 7) is 5.97. The van der Waals surface area contributed by atoms with Crippen LogP contribution in [0.25, 0.3) is 0 Å². The molecule has 152 valence electrons. The number of fused-ring (bicyclic) bond motifs is 1. The number of benzene rings is 2. The second-order valence-corrected chi connectivity index (χ2v) is 8.28. The summed E-state index contributed by atoms with van der Waals surface area (Å²) in [7, 11) is 0. The fraction of sp³-hybridized carbons (Fsp3) is 0.318. The summed E-state index contributed by atoms with van der Waals surface area (Å²) in [5.41, 5.74) is 3.04. The third-order valence-electron chi connectivity index (χ3n) is 4.98. The van der Waals surface area contributed by atoms with E-state index in [4.69, 9.17) is 0 Å². The van der Waals surface area contributed by atoms with Crippen molar-refractivity contribution >= 4 is 45.0 Å². The van der Waals surface area contributed by atoms with Crippen LogP contribution in [0.15, 0.2) is 46.9 Å². The number of carbonyl (C=O) groups is 3. The Morgan fingerprint density at radius 1 is 1.10 bits per heavy atom. The smallest absolute Gasteiger partial charge is 0.253 e. The molecule has 2 aromatic rings. The van der Waals surface area contributed by atoms with Gasteiger partial charge in [0.25, 0.3) is 5.91 Å². The first-order chi connectivity index (χ1) is 13.8. The maximum Gasteiger partial charge on any atom is 0.253 e. The third-order valence-corrected chi connectivity index (χ3v) is 5.67. The molecule has 3 rings (SSSR count). The molecule has 0 aromatic heterocycles. The van der Waals surface area contributed by atoms with Crippen molar-refractivity contribution in [1.29, 1.82) is 0 Å². The maximum atomic E-state index is 12.9. The number of hydrogen-bond acceptors (Lipinski definition) is 3. The molecule has 29 heavy (non-hydrogen) atoms. The van der Waals surface area contributed by atoms with Gasteiger partial charge in [0.05, 0.1) is 5.56 Å². The summed E-state index contributed by atoms with van der Waals surface area (Å²) >= 11 is 3.37. The molecule has 0 aliphatic carbocycles. The highest BCUT2D eigenvalue weighted by Crippen LogP contribution is 2.30. The molecule has 2 N–H and O–H groups in total. The summed E-state index contributed by atoms with van der Waals surface area (Å²) in [5, 5.41) is 5.73. The van der Waals surface area contributed by atoms with Gasteiger partial charge in [-0.15, -0.1) is 0 Å². The van der Waals surface area contributed by atoms with Gasteiger partial charge in [-0.2, -0.15) is 0 Å². The molecule has 3 amide bonds. The Morgan fingerprint density at radius 2 is 1.83 bits per heavy atom. The molecule has 0 radical (unpaired) electrons. The molecule has 1 aliphatic rings. The molecule has 0 spiro atoms. The van der Waals surface area contributed by atoms with Crippen molar-refractivity contribution in [2.75, 3.05) is 16.8 Å². The molecule has 2 aromatic carbocycles. The lowest BCUT2D eigenvalue weighted by molar-refractivity contribution is -0.119. The van der Waals surface area contributed by atoms with Gasteiger partial charge in [-0.25, -0.2) is 0 Å². The van der Waals surface area contributed by atoms with Crippen LogP contribution in [0, 0.1) is 5.92 Å². The Kier molecular flexibility index (Phi) is 6.37. The number of anilines is 2. The van der Waals surface area contributed by atoms with Crippen LogP contribution in [0.1, 0.15) is 36.7 Å². The fourth-order valence-electron chi connectivity index (χ4n) is 3.43. The zero-order valence-corrected chi connectivity index (χ0v) is 18.2. The molecule has 7 heteroatoms. The topological polar surface area (TPSA) is 78.5 Å². The van der Waals surface area contributed by atoms with Crippen LogP contribution in [-0.2, 0) is 16.0 Å². The van der Waals surface area contributed by atoms with Crippen LogP contribution in [0.4, 0.5) is 11.4 Å². The number of halogens is 1. The van der Waals surface area contributed by atoms with Crippen molar-refractivity contribution in [3.05, 3.63) is 58.1 Å². The Morgan fingerprint density at radius 3 is 2.48 bits per heavy atom. The molecule has 1 aliphatic heterocycles. The van der Waals surface area contributed by atoms with Gasteiger partial charge in [0.15, 0.2) is 0 Å². The van der Waals surface area contributed by atoms with E-state index in [1.807, 2.05) is 32.0 Å². The summed E-state index contributed by atoms with van der Waals surface area (Å²) < 4.78 is 0.675. The zero-order chi connectivity index (χ0) is 21.1. The van der Waals surface area contributed by atoms with E-state index in [9.17, 15) is 14.4 Å². The minimum absolute atomic E-state index is 0.00944. The van der Waals surface area contributed by atoms with E-state index in [-0.39, 0.29) is 23.6 Å². The first-order valence-electron chi connectivity index (χ1n) is 9.55. The van der Waals surface area contributed by atoms with Crippen LogP contribution in [0.2, 0.25) is 0 Å². The van der Waals surface area contributed by atoms with Crippen molar-refractivity contribution < 1.29 is 14.4 Å². The standard InChI is InChI=1S/C22H24BrN3O3/c1-13(2)20(25-21(28)17-6-4-5-7-18(17)23)22(29)24-16-8-9-19-15(12-16)10-11-26(19)14(3)27/h4-9,12-13,20H,10-11H2,1-3H3,(H,24,29)(H,25,28)/t20-/m0/s1. The lowest BCUT2D eigenvalue weighted by Gasteiger charge is -2.22. The summed E-state index contributed by atoms with van der Waals surface area (Å²) in [6.07, 6.45) is 0.755. The monoisotopic (exact) mass is 457 g/mol. The van der Waals surface area contributed by atoms with Crippen molar-refractivity contribution in [2.24, 2.45) is 5.92 Å². The third kappa shape index (κ3) is 4.67. The van der Waals surface area contributed by atoms with Crippen LogP contribution in [0.3, 0.4) is 0 Å². The Labute approximate surface area is 178 Å². The van der Waals surface area contributed by atoms with E-state index in [0.717, 1.165) is 17.7 Å². The number of carbonyl (C=O) groups excluding carboxylic acids is 3. The second-order valence-electron chi connectivity index (χ2n) is 7.43. The van der Waals surface area contributed by atoms with Crippen LogP contribution < -0.4 is 15.5 Å². The van der Waals surface area contributed by atoms with E-state index < -0.39 is 6.04 Å². The van der Waals surface area contributed by atoms with Gasteiger partial charge in [0.1, 0.15) is 6.04 Å². The molecular formula is C22H24BrN3O3. The van der Waals surface area contributed by atoms with Crippen LogP contribution >= 0.6 is 15.9 Å². The molecule has 0 fully saturated rings. The lowest BCUT2D eigenvalue weighted by atomic mass is 10.0. The highest BCUT2D eigenvalue weighted by Gasteiger charge is 2.27. The molecule has 0 saturated heterocycles. The van der Waals surface area contributed by atoms with Crippen LogP contribution in [-0.4, -0.2) is 30.3 Å². The predicted molar refractivity (Wildman–Crippen MR) is 117 cm³/mol. The largest absolute Gasteiger partial charge is 0.340 e. The molecule has 0 saturated carbocycles. The summed E-state index contributed by atoms with van der Waals surface area (Å²) in [6, 6.07) is 11.9. The number of nitrogens with zero attached hydrogens (tertiary/aromatic N) is 1. The van der Waals surface area contributed by atoms with E-state index >= 15 is 0 Å². The first-order valence-corrected chi connectivity index (χ1v) is 10.3. The summed E-state index contributed by atoms with van der Waals surface area (Å²) in [4.78, 5) is 38.9. The van der Waals surface area contributed by atoms with Gasteiger partial charge in [-0.05, 0) is 64.2 Å². The van der Waals surface area contributed by atoms with Crippen molar-refractivity contribution in [3.8, 4) is 0 Å². The Balaban J connectivity index is 1.73. The predicted octanol–water partition coefficient (Wildman–Crippen LogP) is 3.75. The zero-order valence-electron chi connectivity index (χ0n) is 16.7. The summed E-state index contributed by atoms with van der Waals surface area (Å²) in [5.74, 6) is -0.668. The Hall–Kier alpha value is -2.67. The van der Waals surface area contributed by atoms with Crippen LogP contribution in [0.5, 0.6) is 0 Å². The average molecular weight is 458 g/mol. The van der Waals surface area contributed by atoms with E-state index in [1.165, 1.54) is 0 Å². The lowest BCUT2D eigenvalue weighted by Crippen LogP contribution is -2.47. The average Bonchev–Trinajstić information content (AvgIpc) is 3.09. The first kappa shape index (κ1) is 21.0. The normalized spacial score (nSPS) is 13.8. The van der Waals surface area contributed by atoms with Crippen molar-refractivity contribution in [3.63, 3.8) is 0 Å². The van der Waals surface area contributed by atoms with Gasteiger partial charge < -0.3 is 15.5 Å². The minimum Gasteiger partial charge on any atom is -0.340 e. The van der Waals surface area contributed by atoms with Crippen molar-refractivity contribution in [1.82, 2.24) is 5.32 Å². The fourth-order valence-corrected chi connectivity index (χ4v) is 3.89. The molecule has 1 atom stereocenters. The van der Waals surface area contributed by atoms with Gasteiger partial charge in [-0.3, -0.25) is 14.4 Å². The van der Waals surface area contributed by atoms with E-state index in [0.29, 0.717) is 22.3 Å². The molecule has 0 bridgehead atoms. The van der Waals surface area contributed by atoms with E-state index in [1.54, 1.807) is 36.1 Å². The molecule has 0 unspecified atom stereocenters. The second kappa shape index (κ2) is 8.78. The van der Waals surface area contributed by atoms with Gasteiger partial charge in [0.2, 0.25) is 11.8 Å². The minimum atomic E-state index is -0.684.